The summed E-state index contributed by atoms with van der Waals surface area (Å²) < 4.78 is 27.8. The van der Waals surface area contributed by atoms with Crippen LogP contribution in [0.2, 0.25) is 5.02 Å². The smallest absolute Gasteiger partial charge is 0.132 e. The first-order valence-electron chi connectivity index (χ1n) is 5.80. The van der Waals surface area contributed by atoms with Gasteiger partial charge in [0.25, 0.3) is 0 Å². The third-order valence-electron chi connectivity index (χ3n) is 2.75. The first-order chi connectivity index (χ1) is 9.49. The quantitative estimate of drug-likeness (QED) is 0.838. The summed E-state index contributed by atoms with van der Waals surface area (Å²) in [5.41, 5.74) is 0.284. The molecule has 2 N–H and O–H groups in total. The number of aliphatic hydroxyl groups is 1. The molecule has 2 aromatic rings. The van der Waals surface area contributed by atoms with Crippen LogP contribution in [0.1, 0.15) is 11.7 Å². The van der Waals surface area contributed by atoms with Gasteiger partial charge >= 0.3 is 0 Å². The fourth-order valence-corrected chi connectivity index (χ4v) is 2.33. The fraction of sp³-hybridized carbons (Fsp3) is 0.143. The van der Waals surface area contributed by atoms with Crippen LogP contribution in [0.5, 0.6) is 0 Å². The molecule has 0 heterocycles. The molecule has 6 heteroatoms. The molecule has 0 aliphatic rings. The second-order valence-electron chi connectivity index (χ2n) is 4.16. The molecule has 0 saturated carbocycles. The van der Waals surface area contributed by atoms with Crippen LogP contribution < -0.4 is 5.32 Å². The highest BCUT2D eigenvalue weighted by molar-refractivity contribution is 9.10. The van der Waals surface area contributed by atoms with E-state index in [-0.39, 0.29) is 12.1 Å². The second-order valence-corrected chi connectivity index (χ2v) is 5.45. The van der Waals surface area contributed by atoms with Gasteiger partial charge in [-0.3, -0.25) is 0 Å². The van der Waals surface area contributed by atoms with Crippen LogP contribution in [0, 0.1) is 11.6 Å². The van der Waals surface area contributed by atoms with E-state index in [9.17, 15) is 13.9 Å². The molecular formula is C14H11BrClF2NO. The summed E-state index contributed by atoms with van der Waals surface area (Å²) in [5, 5.41) is 13.3. The van der Waals surface area contributed by atoms with Crippen LogP contribution in [-0.2, 0) is 0 Å². The zero-order valence-corrected chi connectivity index (χ0v) is 12.5. The van der Waals surface area contributed by atoms with Gasteiger partial charge in [-0.05, 0) is 46.3 Å². The van der Waals surface area contributed by atoms with Crippen molar-refractivity contribution in [2.45, 2.75) is 6.10 Å². The Morgan fingerprint density at radius 2 is 1.85 bits per heavy atom. The van der Waals surface area contributed by atoms with Crippen molar-refractivity contribution in [1.82, 2.24) is 0 Å². The van der Waals surface area contributed by atoms with Crippen molar-refractivity contribution >= 4 is 33.2 Å². The lowest BCUT2D eigenvalue weighted by Gasteiger charge is -2.15. The van der Waals surface area contributed by atoms with Gasteiger partial charge in [-0.2, -0.15) is 0 Å². The van der Waals surface area contributed by atoms with Crippen LogP contribution in [0.4, 0.5) is 14.5 Å². The molecule has 0 amide bonds. The molecule has 0 saturated heterocycles. The minimum Gasteiger partial charge on any atom is -0.386 e. The summed E-state index contributed by atoms with van der Waals surface area (Å²) in [6.07, 6.45) is -1.30. The molecule has 1 unspecified atom stereocenters. The third-order valence-corrected chi connectivity index (χ3v) is 3.67. The predicted molar refractivity (Wildman–Crippen MR) is 79.0 cm³/mol. The van der Waals surface area contributed by atoms with Crippen molar-refractivity contribution in [3.63, 3.8) is 0 Å². The Labute approximate surface area is 128 Å². The van der Waals surface area contributed by atoms with E-state index in [1.807, 2.05) is 0 Å². The summed E-state index contributed by atoms with van der Waals surface area (Å²) in [6.45, 7) is -0.0448. The van der Waals surface area contributed by atoms with E-state index in [0.29, 0.717) is 10.7 Å². The van der Waals surface area contributed by atoms with Crippen molar-refractivity contribution in [3.8, 4) is 0 Å². The lowest BCUT2D eigenvalue weighted by Crippen LogP contribution is -2.15. The Balaban J connectivity index is 2.13. The Hall–Kier alpha value is -1.17. The van der Waals surface area contributed by atoms with Crippen molar-refractivity contribution in [2.75, 3.05) is 11.9 Å². The van der Waals surface area contributed by atoms with Gasteiger partial charge in [0.15, 0.2) is 0 Å². The monoisotopic (exact) mass is 361 g/mol. The molecule has 0 bridgehead atoms. The third kappa shape index (κ3) is 3.48. The predicted octanol–water partition coefficient (Wildman–Crippen LogP) is 4.53. The lowest BCUT2D eigenvalue weighted by molar-refractivity contribution is 0.181. The Morgan fingerprint density at radius 1 is 1.20 bits per heavy atom. The van der Waals surface area contributed by atoms with Crippen LogP contribution in [0.25, 0.3) is 0 Å². The van der Waals surface area contributed by atoms with Gasteiger partial charge < -0.3 is 10.4 Å². The van der Waals surface area contributed by atoms with Crippen molar-refractivity contribution in [1.29, 1.82) is 0 Å². The normalized spacial score (nSPS) is 12.2. The minimum absolute atomic E-state index is 0.0448. The molecule has 0 spiro atoms. The zero-order chi connectivity index (χ0) is 14.7. The molecule has 0 aromatic heterocycles. The van der Waals surface area contributed by atoms with Crippen LogP contribution >= 0.6 is 27.5 Å². The van der Waals surface area contributed by atoms with E-state index in [4.69, 9.17) is 11.6 Å². The number of hydrogen-bond acceptors (Lipinski definition) is 2. The number of anilines is 1. The molecule has 2 nitrogen and oxygen atoms in total. The summed E-state index contributed by atoms with van der Waals surface area (Å²) in [6, 6.07) is 8.55. The topological polar surface area (TPSA) is 32.3 Å². The van der Waals surface area contributed by atoms with E-state index in [0.717, 1.165) is 16.6 Å². The SMILES string of the molecule is OC(CNc1cc(Cl)ccc1Br)c1c(F)cccc1F. The first-order valence-corrected chi connectivity index (χ1v) is 6.97. The minimum atomic E-state index is -1.30. The van der Waals surface area contributed by atoms with E-state index in [1.165, 1.54) is 6.07 Å². The summed E-state index contributed by atoms with van der Waals surface area (Å²) in [4.78, 5) is 0. The molecule has 2 rings (SSSR count). The highest BCUT2D eigenvalue weighted by Gasteiger charge is 2.17. The second kappa shape index (κ2) is 6.52. The van der Waals surface area contributed by atoms with Crippen LogP contribution in [0.15, 0.2) is 40.9 Å². The number of nitrogens with one attached hydrogen (secondary N) is 1. The highest BCUT2D eigenvalue weighted by atomic mass is 79.9. The van der Waals surface area contributed by atoms with Gasteiger partial charge in [0.2, 0.25) is 0 Å². The van der Waals surface area contributed by atoms with Gasteiger partial charge in [-0.15, -0.1) is 0 Å². The molecule has 106 valence electrons. The summed E-state index contributed by atoms with van der Waals surface area (Å²) >= 11 is 9.17. The number of hydrogen-bond donors (Lipinski definition) is 2. The van der Waals surface area contributed by atoms with Crippen LogP contribution in [0.3, 0.4) is 0 Å². The van der Waals surface area contributed by atoms with Gasteiger partial charge in [0, 0.05) is 16.0 Å². The van der Waals surface area contributed by atoms with E-state index in [1.54, 1.807) is 18.2 Å². The highest BCUT2D eigenvalue weighted by Crippen LogP contribution is 2.27. The number of benzene rings is 2. The largest absolute Gasteiger partial charge is 0.386 e. The van der Waals surface area contributed by atoms with Gasteiger partial charge in [0.1, 0.15) is 17.7 Å². The van der Waals surface area contributed by atoms with Gasteiger partial charge in [-0.1, -0.05) is 17.7 Å². The molecule has 0 aliphatic carbocycles. The van der Waals surface area contributed by atoms with Crippen molar-refractivity contribution < 1.29 is 13.9 Å². The van der Waals surface area contributed by atoms with Crippen molar-refractivity contribution in [2.24, 2.45) is 0 Å². The van der Waals surface area contributed by atoms with E-state index in [2.05, 4.69) is 21.2 Å². The van der Waals surface area contributed by atoms with Crippen molar-refractivity contribution in [3.05, 3.63) is 63.1 Å². The van der Waals surface area contributed by atoms with E-state index >= 15 is 0 Å². The average molecular weight is 363 g/mol. The van der Waals surface area contributed by atoms with Crippen LogP contribution in [-0.4, -0.2) is 11.7 Å². The Bertz CT molecular complexity index is 604. The summed E-state index contributed by atoms with van der Waals surface area (Å²) in [7, 11) is 0. The first kappa shape index (κ1) is 15.2. The molecule has 0 fully saturated rings. The number of rotatable bonds is 4. The van der Waals surface area contributed by atoms with Gasteiger partial charge in [0.05, 0.1) is 11.3 Å². The standard InChI is InChI=1S/C14H11BrClF2NO/c15-9-5-4-8(16)6-12(9)19-7-13(20)14-10(17)2-1-3-11(14)18/h1-6,13,19-20H,7H2. The van der Waals surface area contributed by atoms with E-state index < -0.39 is 17.7 Å². The average Bonchev–Trinajstić information content (AvgIpc) is 2.39. The molecule has 0 radical (unpaired) electrons. The lowest BCUT2D eigenvalue weighted by atomic mass is 10.1. The van der Waals surface area contributed by atoms with Gasteiger partial charge in [-0.25, -0.2) is 8.78 Å². The Morgan fingerprint density at radius 3 is 2.50 bits per heavy atom. The Kier molecular flexibility index (Phi) is 4.96. The molecule has 20 heavy (non-hydrogen) atoms. The maximum atomic E-state index is 13.5. The molecule has 0 aliphatic heterocycles. The molecule has 2 aromatic carbocycles. The zero-order valence-electron chi connectivity index (χ0n) is 10.2. The number of halogens is 4. The molecular weight excluding hydrogens is 352 g/mol. The maximum absolute atomic E-state index is 13.5. The molecule has 1 atom stereocenters. The maximum Gasteiger partial charge on any atom is 0.132 e. The number of aliphatic hydroxyl groups excluding tert-OH is 1. The summed E-state index contributed by atoms with van der Waals surface area (Å²) in [5.74, 6) is -1.55. The fourth-order valence-electron chi connectivity index (χ4n) is 1.77.